The second kappa shape index (κ2) is 4.36. The van der Waals surface area contributed by atoms with Gasteiger partial charge in [-0.1, -0.05) is 27.2 Å². The molecule has 0 spiro atoms. The van der Waals surface area contributed by atoms with Gasteiger partial charge in [0.05, 0.1) is 5.92 Å². The maximum atomic E-state index is 11.5. The Hall–Kier alpha value is -0.860. The molecule has 2 saturated carbocycles. The van der Waals surface area contributed by atoms with E-state index in [-0.39, 0.29) is 16.7 Å². The molecule has 0 bridgehead atoms. The van der Waals surface area contributed by atoms with Crippen LogP contribution in [0, 0.1) is 28.6 Å². The van der Waals surface area contributed by atoms with Crippen molar-refractivity contribution in [2.75, 3.05) is 0 Å². The van der Waals surface area contributed by atoms with Gasteiger partial charge in [0.1, 0.15) is 6.29 Å². The van der Waals surface area contributed by atoms with Gasteiger partial charge >= 0.3 is 5.97 Å². The first-order chi connectivity index (χ1) is 8.33. The number of carboxylic acid groups (broad SMARTS) is 1. The van der Waals surface area contributed by atoms with E-state index in [1.54, 1.807) is 0 Å². The van der Waals surface area contributed by atoms with Gasteiger partial charge in [0.25, 0.3) is 0 Å². The van der Waals surface area contributed by atoms with Crippen LogP contribution in [0.1, 0.15) is 52.9 Å². The molecule has 0 heterocycles. The molecule has 4 unspecified atom stereocenters. The van der Waals surface area contributed by atoms with Gasteiger partial charge in [-0.2, -0.15) is 0 Å². The molecule has 2 aliphatic rings. The fourth-order valence-corrected chi connectivity index (χ4v) is 4.80. The van der Waals surface area contributed by atoms with Gasteiger partial charge in [-0.3, -0.25) is 4.79 Å². The quantitative estimate of drug-likeness (QED) is 0.768. The highest BCUT2D eigenvalue weighted by molar-refractivity contribution is 5.75. The molecule has 0 aromatic heterocycles. The summed E-state index contributed by atoms with van der Waals surface area (Å²) in [7, 11) is 0. The fourth-order valence-electron chi connectivity index (χ4n) is 4.80. The van der Waals surface area contributed by atoms with Gasteiger partial charge in [0.15, 0.2) is 0 Å². The molecular weight excluding hydrogens is 228 g/mol. The van der Waals surface area contributed by atoms with E-state index in [9.17, 15) is 14.7 Å². The van der Waals surface area contributed by atoms with E-state index in [0.29, 0.717) is 12.3 Å². The summed E-state index contributed by atoms with van der Waals surface area (Å²) >= 11 is 0. The summed E-state index contributed by atoms with van der Waals surface area (Å²) in [5, 5.41) is 9.32. The van der Waals surface area contributed by atoms with Crippen LogP contribution in [0.3, 0.4) is 0 Å². The van der Waals surface area contributed by atoms with Crippen LogP contribution >= 0.6 is 0 Å². The number of aldehydes is 1. The first kappa shape index (κ1) is 13.6. The fraction of sp³-hybridized carbons (Fsp3) is 0.867. The predicted molar refractivity (Wildman–Crippen MR) is 69.1 cm³/mol. The zero-order valence-corrected chi connectivity index (χ0v) is 11.6. The predicted octanol–water partition coefficient (Wildman–Crippen LogP) is 3.13. The molecule has 0 radical (unpaired) electrons. The minimum Gasteiger partial charge on any atom is -0.481 e. The smallest absolute Gasteiger partial charge is 0.307 e. The lowest BCUT2D eigenvalue weighted by molar-refractivity contribution is -0.160. The van der Waals surface area contributed by atoms with Crippen molar-refractivity contribution in [2.24, 2.45) is 28.6 Å². The molecule has 102 valence electrons. The number of hydrogen-bond donors (Lipinski definition) is 1. The Balaban J connectivity index is 2.37. The molecule has 0 aromatic rings. The van der Waals surface area contributed by atoms with Crippen LogP contribution in [-0.2, 0) is 9.59 Å². The number of hydrogen-bond acceptors (Lipinski definition) is 2. The van der Waals surface area contributed by atoms with Crippen LogP contribution in [0.15, 0.2) is 0 Å². The Bertz CT molecular complexity index is 361. The Morgan fingerprint density at radius 1 is 1.22 bits per heavy atom. The van der Waals surface area contributed by atoms with Crippen molar-refractivity contribution in [3.05, 3.63) is 0 Å². The molecule has 18 heavy (non-hydrogen) atoms. The first-order valence-electron chi connectivity index (χ1n) is 7.01. The Morgan fingerprint density at radius 3 is 2.44 bits per heavy atom. The standard InChI is InChI=1S/C15H24O3/c1-14(2)7-4-8-15(3)11(9-16)10(13(17)18)5-6-12(14)15/h9-12H,4-8H2,1-3H3,(H,17,18). The van der Waals surface area contributed by atoms with E-state index in [2.05, 4.69) is 20.8 Å². The highest BCUT2D eigenvalue weighted by atomic mass is 16.4. The first-order valence-corrected chi connectivity index (χ1v) is 7.01. The molecule has 0 aliphatic heterocycles. The topological polar surface area (TPSA) is 54.4 Å². The highest BCUT2D eigenvalue weighted by Gasteiger charge is 2.56. The van der Waals surface area contributed by atoms with Gasteiger partial charge < -0.3 is 9.90 Å². The van der Waals surface area contributed by atoms with Crippen molar-refractivity contribution in [1.29, 1.82) is 0 Å². The van der Waals surface area contributed by atoms with E-state index < -0.39 is 11.9 Å². The summed E-state index contributed by atoms with van der Waals surface area (Å²) in [6.07, 6.45) is 5.82. The van der Waals surface area contributed by atoms with Gasteiger partial charge in [-0.15, -0.1) is 0 Å². The van der Waals surface area contributed by atoms with Crippen LogP contribution in [0.4, 0.5) is 0 Å². The van der Waals surface area contributed by atoms with Crippen molar-refractivity contribution < 1.29 is 14.7 Å². The van der Waals surface area contributed by atoms with Gasteiger partial charge in [-0.25, -0.2) is 0 Å². The lowest BCUT2D eigenvalue weighted by Gasteiger charge is -2.57. The lowest BCUT2D eigenvalue weighted by atomic mass is 9.47. The van der Waals surface area contributed by atoms with Crippen molar-refractivity contribution in [3.63, 3.8) is 0 Å². The molecular formula is C15H24O3. The van der Waals surface area contributed by atoms with Crippen LogP contribution in [-0.4, -0.2) is 17.4 Å². The number of carboxylic acids is 1. The summed E-state index contributed by atoms with van der Waals surface area (Å²) in [6, 6.07) is 0. The minimum atomic E-state index is -0.796. The molecule has 0 amide bonds. The Kier molecular flexibility index (Phi) is 3.28. The summed E-state index contributed by atoms with van der Waals surface area (Å²) in [5.41, 5.74) is 0.114. The number of carbonyl (C=O) groups excluding carboxylic acids is 1. The zero-order valence-electron chi connectivity index (χ0n) is 11.6. The highest BCUT2D eigenvalue weighted by Crippen LogP contribution is 2.60. The molecule has 0 saturated heterocycles. The largest absolute Gasteiger partial charge is 0.481 e. The molecule has 1 N–H and O–H groups in total. The second-order valence-corrected chi connectivity index (χ2v) is 7.08. The van der Waals surface area contributed by atoms with E-state index in [1.807, 2.05) is 0 Å². The third-order valence-electron chi connectivity index (χ3n) is 5.70. The van der Waals surface area contributed by atoms with Crippen LogP contribution in [0.2, 0.25) is 0 Å². The molecule has 3 heteroatoms. The lowest BCUT2D eigenvalue weighted by Crippen LogP contribution is -2.53. The average molecular weight is 252 g/mol. The normalized spacial score (nSPS) is 42.9. The van der Waals surface area contributed by atoms with Crippen molar-refractivity contribution >= 4 is 12.3 Å². The van der Waals surface area contributed by atoms with E-state index in [1.165, 1.54) is 6.42 Å². The molecule has 2 aliphatic carbocycles. The zero-order chi connectivity index (χ0) is 13.6. The molecule has 2 rings (SSSR count). The van der Waals surface area contributed by atoms with Crippen molar-refractivity contribution in [2.45, 2.75) is 52.9 Å². The molecule has 0 aromatic carbocycles. The summed E-state index contributed by atoms with van der Waals surface area (Å²) < 4.78 is 0. The monoisotopic (exact) mass is 252 g/mol. The summed E-state index contributed by atoms with van der Waals surface area (Å²) in [4.78, 5) is 22.8. The average Bonchev–Trinajstić information content (AvgIpc) is 2.26. The van der Waals surface area contributed by atoms with Crippen molar-refractivity contribution in [1.82, 2.24) is 0 Å². The third kappa shape index (κ3) is 1.88. The van der Waals surface area contributed by atoms with Crippen molar-refractivity contribution in [3.8, 4) is 0 Å². The SMILES string of the molecule is CC1(C)CCCC2(C)C(C=O)C(C(=O)O)CCC12. The van der Waals surface area contributed by atoms with Gasteiger partial charge in [0.2, 0.25) is 0 Å². The van der Waals surface area contributed by atoms with Gasteiger partial charge in [-0.05, 0) is 42.4 Å². The molecule has 2 fully saturated rings. The number of fused-ring (bicyclic) bond motifs is 1. The number of aliphatic carboxylic acids is 1. The Morgan fingerprint density at radius 2 is 1.89 bits per heavy atom. The Labute approximate surface area is 109 Å². The second-order valence-electron chi connectivity index (χ2n) is 7.08. The van der Waals surface area contributed by atoms with Crippen LogP contribution in [0.5, 0.6) is 0 Å². The number of rotatable bonds is 2. The summed E-state index contributed by atoms with van der Waals surface area (Å²) in [5.74, 6) is -1.11. The van der Waals surface area contributed by atoms with E-state index in [4.69, 9.17) is 0 Å². The third-order valence-corrected chi connectivity index (χ3v) is 5.70. The maximum Gasteiger partial charge on any atom is 0.307 e. The maximum absolute atomic E-state index is 11.5. The summed E-state index contributed by atoms with van der Waals surface area (Å²) in [6.45, 7) is 6.70. The number of carbonyl (C=O) groups is 2. The molecule has 4 atom stereocenters. The molecule has 3 nitrogen and oxygen atoms in total. The van der Waals surface area contributed by atoms with E-state index >= 15 is 0 Å². The van der Waals surface area contributed by atoms with Crippen LogP contribution in [0.25, 0.3) is 0 Å². The van der Waals surface area contributed by atoms with Crippen LogP contribution < -0.4 is 0 Å². The van der Waals surface area contributed by atoms with E-state index in [0.717, 1.165) is 25.5 Å². The van der Waals surface area contributed by atoms with Gasteiger partial charge in [0, 0.05) is 5.92 Å². The minimum absolute atomic E-state index is 0.120.